The van der Waals surface area contributed by atoms with Gasteiger partial charge in [0.25, 0.3) is 0 Å². The van der Waals surface area contributed by atoms with E-state index in [-0.39, 0.29) is 5.91 Å². The summed E-state index contributed by atoms with van der Waals surface area (Å²) in [6.07, 6.45) is 1.87. The van der Waals surface area contributed by atoms with Crippen LogP contribution >= 0.6 is 35.0 Å². The fourth-order valence-electron chi connectivity index (χ4n) is 2.74. The number of benzene rings is 2. The fourth-order valence-corrected chi connectivity index (χ4v) is 4.29. The maximum absolute atomic E-state index is 13.1. The molecular formula is C20H14Cl2N4OS. The zero-order valence-corrected chi connectivity index (χ0v) is 16.7. The van der Waals surface area contributed by atoms with E-state index in [0.29, 0.717) is 20.9 Å². The third-order valence-electron chi connectivity index (χ3n) is 3.98. The molecule has 0 unspecified atom stereocenters. The molecule has 0 bridgehead atoms. The molecule has 0 spiro atoms. The number of carbonyl (C=O) groups is 1. The molecule has 0 radical (unpaired) electrons. The van der Waals surface area contributed by atoms with Crippen LogP contribution in [-0.2, 0) is 4.79 Å². The number of thioether (sulfide) groups is 1. The van der Waals surface area contributed by atoms with E-state index in [2.05, 4.69) is 15.5 Å². The molecule has 0 aliphatic heterocycles. The van der Waals surface area contributed by atoms with E-state index in [9.17, 15) is 4.79 Å². The van der Waals surface area contributed by atoms with Crippen LogP contribution in [0.4, 0.5) is 5.69 Å². The summed E-state index contributed by atoms with van der Waals surface area (Å²) < 4.78 is 1.85. The van der Waals surface area contributed by atoms with Gasteiger partial charge in [0.1, 0.15) is 5.25 Å². The largest absolute Gasteiger partial charge is 0.325 e. The van der Waals surface area contributed by atoms with Gasteiger partial charge in [-0.2, -0.15) is 0 Å². The van der Waals surface area contributed by atoms with Gasteiger partial charge in [-0.3, -0.25) is 9.20 Å². The van der Waals surface area contributed by atoms with Gasteiger partial charge in [0.05, 0.1) is 0 Å². The molecular weight excluding hydrogens is 415 g/mol. The van der Waals surface area contributed by atoms with Gasteiger partial charge < -0.3 is 5.32 Å². The molecule has 5 nitrogen and oxygen atoms in total. The standard InChI is InChI=1S/C20H14Cl2N4OS/c21-14-10-15(22)12-16(11-14)23-19(27)18(13-6-2-1-3-7-13)28-20-25-24-17-8-4-5-9-26(17)20/h1-12,18H,(H,23,27)/t18-/m0/s1. The van der Waals surface area contributed by atoms with Crippen molar-refractivity contribution in [2.24, 2.45) is 0 Å². The molecule has 0 aliphatic carbocycles. The lowest BCUT2D eigenvalue weighted by molar-refractivity contribution is -0.115. The summed E-state index contributed by atoms with van der Waals surface area (Å²) >= 11 is 13.4. The predicted molar refractivity (Wildman–Crippen MR) is 113 cm³/mol. The smallest absolute Gasteiger partial charge is 0.242 e. The van der Waals surface area contributed by atoms with Gasteiger partial charge in [0.15, 0.2) is 10.8 Å². The minimum atomic E-state index is -0.536. The summed E-state index contributed by atoms with van der Waals surface area (Å²) in [5, 5.41) is 12.3. The summed E-state index contributed by atoms with van der Waals surface area (Å²) in [7, 11) is 0. The van der Waals surface area contributed by atoms with Crippen molar-refractivity contribution in [2.45, 2.75) is 10.4 Å². The Kier molecular flexibility index (Phi) is 5.52. The first-order valence-corrected chi connectivity index (χ1v) is 10.0. The van der Waals surface area contributed by atoms with E-state index in [1.807, 2.05) is 59.1 Å². The number of fused-ring (bicyclic) bond motifs is 1. The van der Waals surface area contributed by atoms with Crippen LogP contribution in [0.5, 0.6) is 0 Å². The molecule has 1 atom stereocenters. The van der Waals surface area contributed by atoms with Crippen LogP contribution in [0.1, 0.15) is 10.8 Å². The molecule has 0 fully saturated rings. The van der Waals surface area contributed by atoms with Gasteiger partial charge in [-0.05, 0) is 35.9 Å². The number of nitrogens with one attached hydrogen (secondary N) is 1. The highest BCUT2D eigenvalue weighted by Gasteiger charge is 2.24. The van der Waals surface area contributed by atoms with Crippen LogP contribution in [0.2, 0.25) is 10.0 Å². The fraction of sp³-hybridized carbons (Fsp3) is 0.0500. The molecule has 28 heavy (non-hydrogen) atoms. The summed E-state index contributed by atoms with van der Waals surface area (Å²) in [5.41, 5.74) is 2.11. The lowest BCUT2D eigenvalue weighted by atomic mass is 10.1. The average Bonchev–Trinajstić information content (AvgIpc) is 3.09. The minimum absolute atomic E-state index is 0.206. The van der Waals surface area contributed by atoms with E-state index in [0.717, 1.165) is 11.2 Å². The predicted octanol–water partition coefficient (Wildman–Crippen LogP) is 5.51. The Morgan fingerprint density at radius 2 is 1.68 bits per heavy atom. The van der Waals surface area contributed by atoms with Gasteiger partial charge >= 0.3 is 0 Å². The number of anilines is 1. The highest BCUT2D eigenvalue weighted by Crippen LogP contribution is 2.36. The maximum atomic E-state index is 13.1. The monoisotopic (exact) mass is 428 g/mol. The van der Waals surface area contributed by atoms with Crippen LogP contribution in [0.15, 0.2) is 78.1 Å². The molecule has 1 N–H and O–H groups in total. The molecule has 2 aromatic heterocycles. The van der Waals surface area contributed by atoms with Crippen molar-refractivity contribution in [3.8, 4) is 0 Å². The van der Waals surface area contributed by atoms with Crippen LogP contribution in [0.3, 0.4) is 0 Å². The van der Waals surface area contributed by atoms with E-state index in [1.54, 1.807) is 18.2 Å². The Labute approximate surface area is 175 Å². The number of amides is 1. The third-order valence-corrected chi connectivity index (χ3v) is 5.62. The first-order chi connectivity index (χ1) is 13.6. The van der Waals surface area contributed by atoms with E-state index >= 15 is 0 Å². The van der Waals surface area contributed by atoms with Crippen LogP contribution in [0, 0.1) is 0 Å². The van der Waals surface area contributed by atoms with Crippen molar-refractivity contribution >= 4 is 52.2 Å². The summed E-state index contributed by atoms with van der Waals surface area (Å²) in [6.45, 7) is 0. The van der Waals surface area contributed by atoms with Crippen molar-refractivity contribution in [2.75, 3.05) is 5.32 Å². The van der Waals surface area contributed by atoms with Gasteiger partial charge in [-0.15, -0.1) is 10.2 Å². The number of carbonyl (C=O) groups excluding carboxylic acids is 1. The quantitative estimate of drug-likeness (QED) is 0.425. The Balaban J connectivity index is 1.66. The molecule has 140 valence electrons. The second-order valence-corrected chi connectivity index (χ2v) is 7.91. The lowest BCUT2D eigenvalue weighted by Crippen LogP contribution is -2.19. The van der Waals surface area contributed by atoms with Crippen molar-refractivity contribution < 1.29 is 4.79 Å². The Morgan fingerprint density at radius 1 is 0.964 bits per heavy atom. The topological polar surface area (TPSA) is 59.3 Å². The van der Waals surface area contributed by atoms with Crippen LogP contribution in [0.25, 0.3) is 5.65 Å². The van der Waals surface area contributed by atoms with Crippen LogP contribution < -0.4 is 5.32 Å². The number of rotatable bonds is 5. The van der Waals surface area contributed by atoms with Crippen molar-refractivity contribution in [3.63, 3.8) is 0 Å². The molecule has 0 saturated carbocycles. The number of hydrogen-bond donors (Lipinski definition) is 1. The van der Waals surface area contributed by atoms with Gasteiger partial charge in [0, 0.05) is 21.9 Å². The normalized spacial score (nSPS) is 12.1. The highest BCUT2D eigenvalue weighted by molar-refractivity contribution is 8.00. The van der Waals surface area contributed by atoms with Crippen molar-refractivity contribution in [1.82, 2.24) is 14.6 Å². The summed E-state index contributed by atoms with van der Waals surface area (Å²) in [5.74, 6) is -0.206. The number of pyridine rings is 1. The summed E-state index contributed by atoms with van der Waals surface area (Å²) in [4.78, 5) is 13.1. The maximum Gasteiger partial charge on any atom is 0.242 e. The second kappa shape index (κ2) is 8.22. The molecule has 4 rings (SSSR count). The first kappa shape index (κ1) is 18.8. The summed E-state index contributed by atoms with van der Waals surface area (Å²) in [6, 6.07) is 20.1. The SMILES string of the molecule is O=C(Nc1cc(Cl)cc(Cl)c1)[C@@H](Sc1nnc2ccccn12)c1ccccc1. The van der Waals surface area contributed by atoms with E-state index in [1.165, 1.54) is 11.8 Å². The zero-order chi connectivity index (χ0) is 19.5. The van der Waals surface area contributed by atoms with Crippen molar-refractivity contribution in [1.29, 1.82) is 0 Å². The van der Waals surface area contributed by atoms with Gasteiger partial charge in [-0.25, -0.2) is 0 Å². The van der Waals surface area contributed by atoms with E-state index in [4.69, 9.17) is 23.2 Å². The van der Waals surface area contributed by atoms with Crippen LogP contribution in [-0.4, -0.2) is 20.5 Å². The lowest BCUT2D eigenvalue weighted by Gasteiger charge is -2.16. The number of aromatic nitrogens is 3. The number of hydrogen-bond acceptors (Lipinski definition) is 4. The Morgan fingerprint density at radius 3 is 2.43 bits per heavy atom. The highest BCUT2D eigenvalue weighted by atomic mass is 35.5. The number of nitrogens with zero attached hydrogens (tertiary/aromatic N) is 3. The molecule has 4 aromatic rings. The number of halogens is 2. The molecule has 0 saturated heterocycles. The molecule has 8 heteroatoms. The Hall–Kier alpha value is -2.54. The Bertz CT molecular complexity index is 1110. The minimum Gasteiger partial charge on any atom is -0.325 e. The van der Waals surface area contributed by atoms with Gasteiger partial charge in [0.2, 0.25) is 5.91 Å². The first-order valence-electron chi connectivity index (χ1n) is 8.38. The third kappa shape index (κ3) is 4.14. The van der Waals surface area contributed by atoms with Gasteiger partial charge in [-0.1, -0.05) is 71.4 Å². The average molecular weight is 429 g/mol. The molecule has 2 heterocycles. The molecule has 0 aliphatic rings. The second-order valence-electron chi connectivity index (χ2n) is 5.97. The van der Waals surface area contributed by atoms with Crippen molar-refractivity contribution in [3.05, 3.63) is 88.5 Å². The molecule has 2 aromatic carbocycles. The zero-order valence-electron chi connectivity index (χ0n) is 14.4. The van der Waals surface area contributed by atoms with E-state index < -0.39 is 5.25 Å². The molecule has 1 amide bonds.